The van der Waals surface area contributed by atoms with Crippen LogP contribution in [0.4, 0.5) is 5.82 Å². The second kappa shape index (κ2) is 6.93. The third-order valence-corrected chi connectivity index (χ3v) is 4.23. The second-order valence-corrected chi connectivity index (χ2v) is 5.95. The van der Waals surface area contributed by atoms with Gasteiger partial charge in [-0.25, -0.2) is 14.4 Å². The Balaban J connectivity index is 2.88. The van der Waals surface area contributed by atoms with Gasteiger partial charge in [-0.2, -0.15) is 0 Å². The smallest absolute Gasteiger partial charge is 0.342 e. The number of carboxylic acids is 2. The number of esters is 1. The van der Waals surface area contributed by atoms with Crippen molar-refractivity contribution in [1.29, 1.82) is 0 Å². The van der Waals surface area contributed by atoms with Crippen LogP contribution in [0, 0.1) is 3.57 Å². The van der Waals surface area contributed by atoms with Gasteiger partial charge < -0.3 is 25.7 Å². The fourth-order valence-corrected chi connectivity index (χ4v) is 3.02. The number of halogens is 1. The van der Waals surface area contributed by atoms with E-state index in [-0.39, 0.29) is 16.7 Å². The van der Waals surface area contributed by atoms with Crippen LogP contribution in [0.25, 0.3) is 11.1 Å². The highest BCUT2D eigenvalue weighted by molar-refractivity contribution is 14.1. The second-order valence-electron chi connectivity index (χ2n) is 4.79. The van der Waals surface area contributed by atoms with E-state index in [1.165, 1.54) is 25.3 Å². The molecule has 0 bridgehead atoms. The third kappa shape index (κ3) is 3.33. The first kappa shape index (κ1) is 18.4. The molecule has 0 aliphatic carbocycles. The first-order chi connectivity index (χ1) is 11.7. The lowest BCUT2D eigenvalue weighted by molar-refractivity contribution is 0.0597. The molecule has 0 fully saturated rings. The van der Waals surface area contributed by atoms with E-state index in [1.54, 1.807) is 0 Å². The van der Waals surface area contributed by atoms with Crippen LogP contribution >= 0.6 is 22.6 Å². The average molecular weight is 458 g/mol. The number of carbonyl (C=O) groups excluding carboxylic acids is 1. The van der Waals surface area contributed by atoms with E-state index in [0.717, 1.165) is 0 Å². The number of hydrogen-bond donors (Lipinski definition) is 4. The molecule has 1 heterocycles. The number of nitrogen functional groups attached to an aromatic ring is 1. The summed E-state index contributed by atoms with van der Waals surface area (Å²) in [6.45, 7) is 0. The van der Waals surface area contributed by atoms with Crippen molar-refractivity contribution in [2.75, 3.05) is 12.8 Å². The van der Waals surface area contributed by atoms with Crippen LogP contribution < -0.4 is 11.3 Å². The number of nitrogens with two attached hydrogens (primary N) is 1. The van der Waals surface area contributed by atoms with Crippen LogP contribution in [0.5, 0.6) is 0 Å². The molecule has 0 radical (unpaired) electrons. The monoisotopic (exact) mass is 458 g/mol. The molecule has 1 aromatic carbocycles. The molecule has 0 saturated heterocycles. The molecule has 1 aromatic heterocycles. The predicted octanol–water partition coefficient (Wildman–Crippen LogP) is 1.41. The van der Waals surface area contributed by atoms with Crippen molar-refractivity contribution in [3.63, 3.8) is 0 Å². The number of hydrogen-bond acceptors (Lipinski definition) is 6. The molecule has 0 atom stereocenters. The maximum absolute atomic E-state index is 12.0. The number of carbonyl (C=O) groups is 3. The summed E-state index contributed by atoms with van der Waals surface area (Å²) in [5.41, 5.74) is 3.22. The number of benzene rings is 1. The maximum Gasteiger partial charge on any atom is 0.342 e. The summed E-state index contributed by atoms with van der Waals surface area (Å²) < 4.78 is 5.00. The molecule has 25 heavy (non-hydrogen) atoms. The molecule has 130 valence electrons. The highest BCUT2D eigenvalue weighted by Crippen LogP contribution is 2.31. The van der Waals surface area contributed by atoms with Crippen LogP contribution in [-0.4, -0.2) is 40.2 Å². The van der Waals surface area contributed by atoms with E-state index in [9.17, 15) is 29.4 Å². The molecule has 0 spiro atoms. The van der Waals surface area contributed by atoms with Gasteiger partial charge in [0.25, 0.3) is 5.56 Å². The number of methoxy groups -OCH3 is 1. The molecule has 9 nitrogen and oxygen atoms in total. The van der Waals surface area contributed by atoms with Crippen LogP contribution in [0.2, 0.25) is 0 Å². The van der Waals surface area contributed by atoms with E-state index < -0.39 is 40.4 Å². The minimum atomic E-state index is -1.61. The predicted molar refractivity (Wildman–Crippen MR) is 94.9 cm³/mol. The van der Waals surface area contributed by atoms with Gasteiger partial charge in [0.15, 0.2) is 0 Å². The Morgan fingerprint density at radius 1 is 1.16 bits per heavy atom. The maximum atomic E-state index is 12.0. The van der Waals surface area contributed by atoms with E-state index >= 15 is 0 Å². The van der Waals surface area contributed by atoms with Crippen LogP contribution in [-0.2, 0) is 4.74 Å². The lowest BCUT2D eigenvalue weighted by Gasteiger charge is -2.13. The molecule has 0 unspecified atom stereocenters. The Labute approximate surface area is 153 Å². The number of rotatable bonds is 4. The fourth-order valence-electron chi connectivity index (χ4n) is 2.28. The standard InChI is InChI=1S/C15H11IN2O7/c1-25-15(24)6-3-2-5(4-7(6)16)8-9(13(20)21)11(17)18-12(19)10(8)14(22)23/h2-4H,1H3,(H,20,21)(H,22,23)(H3,17,18,19). The van der Waals surface area contributed by atoms with Gasteiger partial charge >= 0.3 is 17.9 Å². The summed E-state index contributed by atoms with van der Waals surface area (Å²) in [4.78, 5) is 48.7. The number of ether oxygens (including phenoxy) is 1. The van der Waals surface area contributed by atoms with Crippen molar-refractivity contribution in [1.82, 2.24) is 4.98 Å². The highest BCUT2D eigenvalue weighted by atomic mass is 127. The number of anilines is 1. The molecule has 0 aliphatic heterocycles. The van der Waals surface area contributed by atoms with E-state index in [0.29, 0.717) is 3.57 Å². The van der Waals surface area contributed by atoms with Crippen molar-refractivity contribution in [3.8, 4) is 11.1 Å². The number of aromatic amines is 1. The highest BCUT2D eigenvalue weighted by Gasteiger charge is 2.27. The van der Waals surface area contributed by atoms with Gasteiger partial charge in [0, 0.05) is 9.13 Å². The molecule has 0 aliphatic rings. The Kier molecular flexibility index (Phi) is 5.11. The number of aromatic nitrogens is 1. The van der Waals surface area contributed by atoms with Gasteiger partial charge in [0.05, 0.1) is 12.7 Å². The van der Waals surface area contributed by atoms with Crippen LogP contribution in [0.3, 0.4) is 0 Å². The van der Waals surface area contributed by atoms with Crippen molar-refractivity contribution < 1.29 is 29.3 Å². The van der Waals surface area contributed by atoms with Gasteiger partial charge in [-0.05, 0) is 40.3 Å². The summed E-state index contributed by atoms with van der Waals surface area (Å²) >= 11 is 1.81. The largest absolute Gasteiger partial charge is 0.478 e. The SMILES string of the molecule is COC(=O)c1ccc(-c2c(C(=O)O)c(N)[nH]c(=O)c2C(=O)O)cc1I. The lowest BCUT2D eigenvalue weighted by atomic mass is 9.95. The molecule has 0 saturated carbocycles. The Hall–Kier alpha value is -2.89. The average Bonchev–Trinajstić information content (AvgIpc) is 2.52. The number of aromatic carboxylic acids is 2. The first-order valence-electron chi connectivity index (χ1n) is 6.59. The summed E-state index contributed by atoms with van der Waals surface area (Å²) in [6.07, 6.45) is 0. The molecular weight excluding hydrogens is 447 g/mol. The number of carboxylic acid groups (broad SMARTS) is 2. The number of H-pyrrole nitrogens is 1. The van der Waals surface area contributed by atoms with E-state index in [1.807, 2.05) is 27.6 Å². The Bertz CT molecular complexity index is 965. The number of nitrogens with one attached hydrogen (secondary N) is 1. The summed E-state index contributed by atoms with van der Waals surface area (Å²) in [5.74, 6) is -4.19. The summed E-state index contributed by atoms with van der Waals surface area (Å²) in [7, 11) is 1.20. The zero-order chi connectivity index (χ0) is 18.9. The zero-order valence-corrected chi connectivity index (χ0v) is 14.8. The number of pyridine rings is 1. The summed E-state index contributed by atoms with van der Waals surface area (Å²) in [6, 6.07) is 4.04. The topological polar surface area (TPSA) is 160 Å². The Morgan fingerprint density at radius 3 is 2.24 bits per heavy atom. The third-order valence-electron chi connectivity index (χ3n) is 3.34. The summed E-state index contributed by atoms with van der Waals surface area (Å²) in [5, 5.41) is 18.7. The molecule has 5 N–H and O–H groups in total. The van der Waals surface area contributed by atoms with Gasteiger partial charge in [-0.1, -0.05) is 6.07 Å². The van der Waals surface area contributed by atoms with E-state index in [2.05, 4.69) is 4.74 Å². The van der Waals surface area contributed by atoms with Crippen LogP contribution in [0.15, 0.2) is 23.0 Å². The Morgan fingerprint density at radius 2 is 1.76 bits per heavy atom. The van der Waals surface area contributed by atoms with Gasteiger partial charge in [0.2, 0.25) is 0 Å². The quantitative estimate of drug-likeness (QED) is 0.395. The van der Waals surface area contributed by atoms with Crippen molar-refractivity contribution >= 4 is 46.3 Å². The first-order valence-corrected chi connectivity index (χ1v) is 7.67. The molecular formula is C15H11IN2O7. The molecule has 2 aromatic rings. The lowest BCUT2D eigenvalue weighted by Crippen LogP contribution is -2.24. The van der Waals surface area contributed by atoms with Crippen molar-refractivity contribution in [3.05, 3.63) is 48.8 Å². The normalized spacial score (nSPS) is 10.3. The van der Waals surface area contributed by atoms with Gasteiger partial charge in [0.1, 0.15) is 16.9 Å². The molecule has 10 heteroatoms. The van der Waals surface area contributed by atoms with E-state index in [4.69, 9.17) is 5.73 Å². The van der Waals surface area contributed by atoms with Gasteiger partial charge in [-0.15, -0.1) is 0 Å². The molecule has 2 rings (SSSR count). The van der Waals surface area contributed by atoms with Crippen molar-refractivity contribution in [2.24, 2.45) is 0 Å². The van der Waals surface area contributed by atoms with Crippen molar-refractivity contribution in [2.45, 2.75) is 0 Å². The van der Waals surface area contributed by atoms with Crippen LogP contribution in [0.1, 0.15) is 31.1 Å². The molecule has 0 amide bonds. The minimum absolute atomic E-state index is 0.115. The van der Waals surface area contributed by atoms with Gasteiger partial charge in [-0.3, -0.25) is 4.79 Å². The fraction of sp³-hybridized carbons (Fsp3) is 0.0667. The minimum Gasteiger partial charge on any atom is -0.478 e. The zero-order valence-electron chi connectivity index (χ0n) is 12.6.